The lowest BCUT2D eigenvalue weighted by Gasteiger charge is -2.20. The molecular weight excluding hydrogens is 256 g/mol. The summed E-state index contributed by atoms with van der Waals surface area (Å²) in [5.41, 5.74) is 4.98. The number of thioether (sulfide) groups is 1. The predicted molar refractivity (Wildman–Crippen MR) is 70.0 cm³/mol. The van der Waals surface area contributed by atoms with Gasteiger partial charge in [0.2, 0.25) is 11.8 Å². The molecule has 0 heterocycles. The molecule has 0 spiro atoms. The van der Waals surface area contributed by atoms with Crippen LogP contribution in [0.15, 0.2) is 0 Å². The molecule has 7 heteroatoms. The predicted octanol–water partition coefficient (Wildman–Crippen LogP) is -0.137. The molecule has 2 N–H and O–H groups in total. The Labute approximate surface area is 111 Å². The van der Waals surface area contributed by atoms with Gasteiger partial charge in [-0.3, -0.25) is 14.4 Å². The molecule has 0 aromatic carbocycles. The Morgan fingerprint density at radius 3 is 2.50 bits per heavy atom. The van der Waals surface area contributed by atoms with Gasteiger partial charge in [-0.15, -0.1) is 0 Å². The molecule has 0 aromatic heterocycles. The number of rotatable bonds is 8. The monoisotopic (exact) mass is 276 g/mol. The van der Waals surface area contributed by atoms with Gasteiger partial charge in [0.05, 0.1) is 18.8 Å². The lowest BCUT2D eigenvalue weighted by molar-refractivity contribution is -0.146. The third-order valence-electron chi connectivity index (χ3n) is 2.28. The zero-order chi connectivity index (χ0) is 14.1. The third-order valence-corrected chi connectivity index (χ3v) is 3.26. The molecule has 18 heavy (non-hydrogen) atoms. The van der Waals surface area contributed by atoms with Gasteiger partial charge in [-0.05, 0) is 0 Å². The fourth-order valence-corrected chi connectivity index (χ4v) is 1.98. The fourth-order valence-electron chi connectivity index (χ4n) is 1.31. The van der Waals surface area contributed by atoms with Crippen molar-refractivity contribution in [3.8, 4) is 0 Å². The second-order valence-electron chi connectivity index (χ2n) is 3.97. The van der Waals surface area contributed by atoms with Crippen LogP contribution in [0.2, 0.25) is 0 Å². The molecule has 0 saturated heterocycles. The van der Waals surface area contributed by atoms with Gasteiger partial charge in [0.25, 0.3) is 0 Å². The van der Waals surface area contributed by atoms with Crippen molar-refractivity contribution in [1.82, 2.24) is 4.90 Å². The van der Waals surface area contributed by atoms with E-state index in [1.54, 1.807) is 14.0 Å². The molecular formula is C11H20N2O4S. The molecule has 0 aliphatic rings. The zero-order valence-electron chi connectivity index (χ0n) is 11.0. The maximum Gasteiger partial charge on any atom is 0.310 e. The number of ether oxygens (including phenoxy) is 1. The van der Waals surface area contributed by atoms with Crippen LogP contribution in [0.1, 0.15) is 13.3 Å². The van der Waals surface area contributed by atoms with Crippen LogP contribution in [0.5, 0.6) is 0 Å². The van der Waals surface area contributed by atoms with Crippen LogP contribution in [-0.4, -0.2) is 54.9 Å². The Hall–Kier alpha value is -1.24. The number of nitrogens with two attached hydrogens (primary N) is 1. The third kappa shape index (κ3) is 7.16. The Morgan fingerprint density at radius 1 is 1.39 bits per heavy atom. The standard InChI is InChI=1S/C11H20N2O4S/c1-8(11(16)17-3)6-13(2)10(15)4-5-18-7-9(12)14/h8H,4-7H2,1-3H3,(H2,12,14). The van der Waals surface area contributed by atoms with Crippen molar-refractivity contribution < 1.29 is 19.1 Å². The van der Waals surface area contributed by atoms with E-state index in [9.17, 15) is 14.4 Å². The second-order valence-corrected chi connectivity index (χ2v) is 5.07. The molecule has 2 amide bonds. The topological polar surface area (TPSA) is 89.7 Å². The first kappa shape index (κ1) is 16.8. The van der Waals surface area contributed by atoms with Crippen molar-refractivity contribution in [2.75, 3.05) is 32.2 Å². The van der Waals surface area contributed by atoms with E-state index in [1.165, 1.54) is 23.8 Å². The summed E-state index contributed by atoms with van der Waals surface area (Å²) in [4.78, 5) is 34.8. The molecule has 0 aromatic rings. The van der Waals surface area contributed by atoms with Crippen molar-refractivity contribution in [3.05, 3.63) is 0 Å². The van der Waals surface area contributed by atoms with Gasteiger partial charge >= 0.3 is 5.97 Å². The van der Waals surface area contributed by atoms with Crippen LogP contribution >= 0.6 is 11.8 Å². The summed E-state index contributed by atoms with van der Waals surface area (Å²) in [5, 5.41) is 0. The number of hydrogen-bond donors (Lipinski definition) is 1. The molecule has 0 radical (unpaired) electrons. The number of carbonyl (C=O) groups is 3. The lowest BCUT2D eigenvalue weighted by atomic mass is 10.1. The maximum atomic E-state index is 11.7. The van der Waals surface area contributed by atoms with E-state index in [-0.39, 0.29) is 29.5 Å². The van der Waals surface area contributed by atoms with Gasteiger partial charge in [-0.25, -0.2) is 0 Å². The Balaban J connectivity index is 3.89. The van der Waals surface area contributed by atoms with Crippen molar-refractivity contribution in [3.63, 3.8) is 0 Å². The van der Waals surface area contributed by atoms with Crippen molar-refractivity contribution in [1.29, 1.82) is 0 Å². The van der Waals surface area contributed by atoms with Gasteiger partial charge in [-0.2, -0.15) is 11.8 Å². The molecule has 0 aliphatic carbocycles. The van der Waals surface area contributed by atoms with E-state index in [1.807, 2.05) is 0 Å². The molecule has 1 unspecified atom stereocenters. The average Bonchev–Trinajstić information content (AvgIpc) is 2.32. The first-order chi connectivity index (χ1) is 8.38. The van der Waals surface area contributed by atoms with Gasteiger partial charge in [0.1, 0.15) is 0 Å². The van der Waals surface area contributed by atoms with E-state index >= 15 is 0 Å². The molecule has 6 nitrogen and oxygen atoms in total. The smallest absolute Gasteiger partial charge is 0.310 e. The minimum atomic E-state index is -0.389. The molecule has 0 rings (SSSR count). The van der Waals surface area contributed by atoms with Crippen LogP contribution in [0.25, 0.3) is 0 Å². The van der Waals surface area contributed by atoms with Crippen molar-refractivity contribution in [2.24, 2.45) is 11.7 Å². The normalized spacial score (nSPS) is 11.7. The van der Waals surface area contributed by atoms with Crippen molar-refractivity contribution >= 4 is 29.5 Å². The van der Waals surface area contributed by atoms with Gasteiger partial charge in [0.15, 0.2) is 0 Å². The summed E-state index contributed by atoms with van der Waals surface area (Å²) in [6, 6.07) is 0. The highest BCUT2D eigenvalue weighted by Gasteiger charge is 2.18. The summed E-state index contributed by atoms with van der Waals surface area (Å²) >= 11 is 1.32. The number of hydrogen-bond acceptors (Lipinski definition) is 5. The van der Waals surface area contributed by atoms with Crippen LogP contribution in [-0.2, 0) is 19.1 Å². The Kier molecular flexibility index (Phi) is 8.19. The molecule has 0 bridgehead atoms. The minimum Gasteiger partial charge on any atom is -0.469 e. The molecule has 104 valence electrons. The van der Waals surface area contributed by atoms with Gasteiger partial charge in [0, 0.05) is 25.8 Å². The van der Waals surface area contributed by atoms with Crippen LogP contribution in [0.3, 0.4) is 0 Å². The second kappa shape index (κ2) is 8.79. The summed E-state index contributed by atoms with van der Waals surface area (Å²) in [6.45, 7) is 2.03. The van der Waals surface area contributed by atoms with Gasteiger partial charge in [-0.1, -0.05) is 6.92 Å². The van der Waals surface area contributed by atoms with Crippen LogP contribution < -0.4 is 5.73 Å². The number of carbonyl (C=O) groups excluding carboxylic acids is 3. The summed E-state index contributed by atoms with van der Waals surface area (Å²) in [5.74, 6) is -0.378. The fraction of sp³-hybridized carbons (Fsp3) is 0.727. The first-order valence-electron chi connectivity index (χ1n) is 5.56. The minimum absolute atomic E-state index is 0.0669. The van der Waals surface area contributed by atoms with E-state index in [0.717, 1.165) is 0 Å². The van der Waals surface area contributed by atoms with Crippen LogP contribution in [0.4, 0.5) is 0 Å². The number of esters is 1. The number of nitrogens with zero attached hydrogens (tertiary/aromatic N) is 1. The Morgan fingerprint density at radius 2 is 2.00 bits per heavy atom. The summed E-state index contributed by atoms with van der Waals surface area (Å²) < 4.78 is 4.59. The highest BCUT2D eigenvalue weighted by molar-refractivity contribution is 7.99. The van der Waals surface area contributed by atoms with Gasteiger partial charge < -0.3 is 15.4 Å². The highest BCUT2D eigenvalue weighted by atomic mass is 32.2. The lowest BCUT2D eigenvalue weighted by Crippen LogP contribution is -2.34. The highest BCUT2D eigenvalue weighted by Crippen LogP contribution is 2.06. The number of amides is 2. The molecule has 0 saturated carbocycles. The van der Waals surface area contributed by atoms with E-state index in [0.29, 0.717) is 18.7 Å². The SMILES string of the molecule is COC(=O)C(C)CN(C)C(=O)CCSCC(N)=O. The molecule has 0 aliphatic heterocycles. The van der Waals surface area contributed by atoms with E-state index in [4.69, 9.17) is 5.73 Å². The number of primary amides is 1. The summed E-state index contributed by atoms with van der Waals surface area (Å²) in [6.07, 6.45) is 0.322. The quantitative estimate of drug-likeness (QED) is 0.492. The van der Waals surface area contributed by atoms with Crippen molar-refractivity contribution in [2.45, 2.75) is 13.3 Å². The van der Waals surface area contributed by atoms with E-state index < -0.39 is 0 Å². The Bertz CT molecular complexity index is 309. The average molecular weight is 276 g/mol. The maximum absolute atomic E-state index is 11.7. The largest absolute Gasteiger partial charge is 0.469 e. The zero-order valence-corrected chi connectivity index (χ0v) is 11.8. The van der Waals surface area contributed by atoms with Crippen LogP contribution in [0, 0.1) is 5.92 Å². The molecule has 0 fully saturated rings. The first-order valence-corrected chi connectivity index (χ1v) is 6.71. The number of methoxy groups -OCH3 is 1. The summed E-state index contributed by atoms with van der Waals surface area (Å²) in [7, 11) is 2.96. The van der Waals surface area contributed by atoms with E-state index in [2.05, 4.69) is 4.74 Å². The molecule has 1 atom stereocenters.